The van der Waals surface area contributed by atoms with E-state index in [9.17, 15) is 8.78 Å². The number of fused-ring (bicyclic) bond motifs is 1. The second kappa shape index (κ2) is 8.81. The summed E-state index contributed by atoms with van der Waals surface area (Å²) in [5.41, 5.74) is 3.44. The maximum atomic E-state index is 14.9. The van der Waals surface area contributed by atoms with Crippen molar-refractivity contribution in [1.82, 2.24) is 24.7 Å². The van der Waals surface area contributed by atoms with Gasteiger partial charge in [-0.25, -0.2) is 18.7 Å². The Morgan fingerprint density at radius 2 is 1.88 bits per heavy atom. The predicted molar refractivity (Wildman–Crippen MR) is 125 cm³/mol. The zero-order valence-corrected chi connectivity index (χ0v) is 19.2. The van der Waals surface area contributed by atoms with E-state index in [4.69, 9.17) is 4.74 Å². The fourth-order valence-electron chi connectivity index (χ4n) is 4.08. The van der Waals surface area contributed by atoms with Crippen LogP contribution >= 0.6 is 0 Å². The standard InChI is InChI=1S/C25H24F2N6O/c1-15(2)33-8-9-34-25-19(26)10-17(11-22(25)33)24-20(27)14-29-23(30-24)12-18-5-4-16(13-28-18)21-6-7-32(3)31-21/h4-7,10-11,13-15H,8-9,12H2,1-3H3. The highest BCUT2D eigenvalue weighted by atomic mass is 19.1. The first kappa shape index (κ1) is 21.9. The number of halogens is 2. The van der Waals surface area contributed by atoms with Crippen molar-refractivity contribution in [3.63, 3.8) is 0 Å². The molecule has 1 aliphatic rings. The van der Waals surface area contributed by atoms with E-state index in [2.05, 4.69) is 20.1 Å². The van der Waals surface area contributed by atoms with Crippen molar-refractivity contribution >= 4 is 5.69 Å². The molecule has 1 aliphatic heterocycles. The second-order valence-corrected chi connectivity index (χ2v) is 8.51. The van der Waals surface area contributed by atoms with Crippen molar-refractivity contribution < 1.29 is 13.5 Å². The molecule has 0 atom stereocenters. The molecule has 0 amide bonds. The second-order valence-electron chi connectivity index (χ2n) is 8.51. The first-order chi connectivity index (χ1) is 16.4. The van der Waals surface area contributed by atoms with Crippen molar-refractivity contribution in [1.29, 1.82) is 0 Å². The zero-order valence-electron chi connectivity index (χ0n) is 19.2. The molecule has 0 aliphatic carbocycles. The largest absolute Gasteiger partial charge is 0.486 e. The van der Waals surface area contributed by atoms with Crippen LogP contribution in [-0.2, 0) is 13.5 Å². The lowest BCUT2D eigenvalue weighted by atomic mass is 10.1. The average Bonchev–Trinajstić information content (AvgIpc) is 3.26. The fraction of sp³-hybridized carbons (Fsp3) is 0.280. The van der Waals surface area contributed by atoms with Crippen molar-refractivity contribution in [2.24, 2.45) is 7.05 Å². The summed E-state index contributed by atoms with van der Waals surface area (Å²) in [5.74, 6) is -0.571. The minimum atomic E-state index is -0.616. The molecule has 4 aromatic rings. The maximum absolute atomic E-state index is 14.9. The van der Waals surface area contributed by atoms with E-state index in [-0.39, 0.29) is 17.5 Å². The normalized spacial score (nSPS) is 13.2. The Labute approximate surface area is 196 Å². The molecule has 5 rings (SSSR count). The van der Waals surface area contributed by atoms with E-state index in [0.717, 1.165) is 23.1 Å². The van der Waals surface area contributed by atoms with Crippen LogP contribution in [-0.4, -0.2) is 43.9 Å². The first-order valence-electron chi connectivity index (χ1n) is 11.1. The Bertz CT molecular complexity index is 1340. The van der Waals surface area contributed by atoms with Gasteiger partial charge in [0.15, 0.2) is 17.4 Å². The lowest BCUT2D eigenvalue weighted by Crippen LogP contribution is -2.38. The van der Waals surface area contributed by atoms with Crippen LogP contribution in [0.5, 0.6) is 5.75 Å². The van der Waals surface area contributed by atoms with Gasteiger partial charge in [-0.3, -0.25) is 9.67 Å². The van der Waals surface area contributed by atoms with Crippen LogP contribution in [0.15, 0.2) is 48.9 Å². The minimum absolute atomic E-state index is 0.0473. The van der Waals surface area contributed by atoms with E-state index >= 15 is 0 Å². The monoisotopic (exact) mass is 462 g/mol. The van der Waals surface area contributed by atoms with Gasteiger partial charge < -0.3 is 9.64 Å². The fourth-order valence-corrected chi connectivity index (χ4v) is 4.08. The van der Waals surface area contributed by atoms with Crippen LogP contribution in [0.3, 0.4) is 0 Å². The molecule has 1 aromatic carbocycles. The summed E-state index contributed by atoms with van der Waals surface area (Å²) >= 11 is 0. The van der Waals surface area contributed by atoms with Gasteiger partial charge in [0.1, 0.15) is 18.1 Å². The van der Waals surface area contributed by atoms with Gasteiger partial charge >= 0.3 is 0 Å². The van der Waals surface area contributed by atoms with Crippen molar-refractivity contribution in [2.75, 3.05) is 18.1 Å². The molecule has 0 saturated carbocycles. The molecule has 0 spiro atoms. The number of pyridine rings is 1. The number of nitrogens with zero attached hydrogens (tertiary/aromatic N) is 6. The number of ether oxygens (including phenoxy) is 1. The Balaban J connectivity index is 1.44. The summed E-state index contributed by atoms with van der Waals surface area (Å²) in [6, 6.07) is 8.84. The Hall–Kier alpha value is -3.88. The zero-order chi connectivity index (χ0) is 23.8. The van der Waals surface area contributed by atoms with Gasteiger partial charge in [0, 0.05) is 42.3 Å². The molecule has 0 unspecified atom stereocenters. The predicted octanol–water partition coefficient (Wildman–Crippen LogP) is 4.42. The number of aryl methyl sites for hydroxylation is 1. The molecule has 34 heavy (non-hydrogen) atoms. The maximum Gasteiger partial charge on any atom is 0.178 e. The average molecular weight is 463 g/mol. The lowest BCUT2D eigenvalue weighted by molar-refractivity contribution is 0.287. The van der Waals surface area contributed by atoms with E-state index in [0.29, 0.717) is 36.6 Å². The van der Waals surface area contributed by atoms with Crippen LogP contribution in [0.25, 0.3) is 22.5 Å². The quantitative estimate of drug-likeness (QED) is 0.438. The van der Waals surface area contributed by atoms with Crippen molar-refractivity contribution in [3.05, 3.63) is 72.1 Å². The number of hydrogen-bond donors (Lipinski definition) is 0. The summed E-state index contributed by atoms with van der Waals surface area (Å²) in [5, 5.41) is 4.37. The summed E-state index contributed by atoms with van der Waals surface area (Å²) in [7, 11) is 1.86. The third-order valence-electron chi connectivity index (χ3n) is 5.78. The molecule has 0 bridgehead atoms. The molecule has 3 aromatic heterocycles. The molecule has 7 nitrogen and oxygen atoms in total. The minimum Gasteiger partial charge on any atom is -0.486 e. The smallest absolute Gasteiger partial charge is 0.178 e. The van der Waals surface area contributed by atoms with E-state index < -0.39 is 11.6 Å². The van der Waals surface area contributed by atoms with Gasteiger partial charge in [-0.15, -0.1) is 0 Å². The number of hydrogen-bond acceptors (Lipinski definition) is 6. The van der Waals surface area contributed by atoms with Crippen molar-refractivity contribution in [3.8, 4) is 28.3 Å². The van der Waals surface area contributed by atoms with Gasteiger partial charge in [-0.2, -0.15) is 5.10 Å². The SMILES string of the molecule is CC(C)N1CCOc2c(F)cc(-c3nc(Cc4ccc(-c5ccn(C)n5)cn4)ncc3F)cc21. The van der Waals surface area contributed by atoms with Crippen molar-refractivity contribution in [2.45, 2.75) is 26.3 Å². The van der Waals surface area contributed by atoms with E-state index in [1.54, 1.807) is 16.9 Å². The molecule has 174 valence electrons. The highest BCUT2D eigenvalue weighted by molar-refractivity contribution is 5.72. The highest BCUT2D eigenvalue weighted by Crippen LogP contribution is 2.39. The first-order valence-corrected chi connectivity index (χ1v) is 11.1. The molecule has 0 radical (unpaired) electrons. The summed E-state index contributed by atoms with van der Waals surface area (Å²) in [4.78, 5) is 15.1. The molecular formula is C25H24F2N6O. The van der Waals surface area contributed by atoms with Crippen LogP contribution in [0.4, 0.5) is 14.5 Å². The molecule has 0 saturated heterocycles. The Morgan fingerprint density at radius 3 is 2.59 bits per heavy atom. The molecule has 0 fully saturated rings. The molecule has 0 N–H and O–H groups in total. The number of rotatable bonds is 5. The molecule has 4 heterocycles. The number of anilines is 1. The molecule has 9 heteroatoms. The Morgan fingerprint density at radius 1 is 1.03 bits per heavy atom. The van der Waals surface area contributed by atoms with E-state index in [1.165, 1.54) is 6.07 Å². The summed E-state index contributed by atoms with van der Waals surface area (Å²) in [6.45, 7) is 5.08. The third-order valence-corrected chi connectivity index (χ3v) is 5.78. The summed E-state index contributed by atoms with van der Waals surface area (Å²) in [6.07, 6.45) is 5.03. The highest BCUT2D eigenvalue weighted by Gasteiger charge is 2.25. The van der Waals surface area contributed by atoms with Gasteiger partial charge in [-0.1, -0.05) is 0 Å². The van der Waals surface area contributed by atoms with Crippen LogP contribution in [0, 0.1) is 11.6 Å². The molecular weight excluding hydrogens is 438 g/mol. The van der Waals surface area contributed by atoms with E-state index in [1.807, 2.05) is 50.2 Å². The van der Waals surface area contributed by atoms with Crippen LogP contribution < -0.4 is 9.64 Å². The van der Waals surface area contributed by atoms with Gasteiger partial charge in [0.25, 0.3) is 0 Å². The lowest BCUT2D eigenvalue weighted by Gasteiger charge is -2.34. The van der Waals surface area contributed by atoms with Gasteiger partial charge in [0.05, 0.1) is 30.5 Å². The van der Waals surface area contributed by atoms with Crippen LogP contribution in [0.2, 0.25) is 0 Å². The van der Waals surface area contributed by atoms with Gasteiger partial charge in [0.2, 0.25) is 0 Å². The summed E-state index contributed by atoms with van der Waals surface area (Å²) < 4.78 is 36.9. The number of aromatic nitrogens is 5. The topological polar surface area (TPSA) is 69.0 Å². The Kier molecular flexibility index (Phi) is 5.69. The third kappa shape index (κ3) is 4.21. The van der Waals surface area contributed by atoms with Crippen LogP contribution in [0.1, 0.15) is 25.4 Å². The van der Waals surface area contributed by atoms with Gasteiger partial charge in [-0.05, 0) is 44.2 Å². The number of benzene rings is 1.